The van der Waals surface area contributed by atoms with Gasteiger partial charge < -0.3 is 21.0 Å². The van der Waals surface area contributed by atoms with Gasteiger partial charge in [-0.2, -0.15) is 0 Å². The van der Waals surface area contributed by atoms with Crippen molar-refractivity contribution in [2.45, 2.75) is 0 Å². The highest BCUT2D eigenvalue weighted by Gasteiger charge is 1.17. The summed E-state index contributed by atoms with van der Waals surface area (Å²) in [5.41, 5.74) is 0. The largest absolute Gasteiger partial charge is 0.412 e. The van der Waals surface area contributed by atoms with E-state index in [0.717, 1.165) is 0 Å². The van der Waals surface area contributed by atoms with Crippen LogP contribution in [0.25, 0.3) is 0 Å². The Morgan fingerprint density at radius 2 is 1.17 bits per heavy atom. The Labute approximate surface area is 38.2 Å². The first kappa shape index (κ1) is 37.7. The molecule has 6 heteroatoms. The van der Waals surface area contributed by atoms with Gasteiger partial charge in [-0.3, -0.25) is 0 Å². The Morgan fingerprint density at radius 1 is 1.17 bits per heavy atom. The SMILES string of the molecule is O.O.O.O=[SH]O. The van der Waals surface area contributed by atoms with E-state index in [1.807, 2.05) is 0 Å². The molecule has 0 heterocycles. The van der Waals surface area contributed by atoms with Crippen LogP contribution in [-0.2, 0) is 11.9 Å². The normalized spacial score (nSPS) is 2.83. The quantitative estimate of drug-likeness (QED) is 0.259. The van der Waals surface area contributed by atoms with Gasteiger partial charge in [0.2, 0.25) is 0 Å². The standard InChI is InChI=1S/H2O2S.3H2O/c1-3-2;;;/h3H,(H,1,2);3*1H2. The van der Waals surface area contributed by atoms with E-state index >= 15 is 0 Å². The molecule has 0 aromatic rings. The average Bonchev–Trinajstić information content (AvgIpc) is 0.918. The van der Waals surface area contributed by atoms with Crippen LogP contribution in [0.15, 0.2) is 0 Å². The van der Waals surface area contributed by atoms with Gasteiger partial charge in [0.1, 0.15) is 11.9 Å². The second kappa shape index (κ2) is 81.1. The van der Waals surface area contributed by atoms with E-state index in [0.29, 0.717) is 0 Å². The maximum Gasteiger partial charge on any atom is 0.139 e. The van der Waals surface area contributed by atoms with Crippen LogP contribution < -0.4 is 0 Å². The molecule has 0 atom stereocenters. The van der Waals surface area contributed by atoms with Gasteiger partial charge in [0.15, 0.2) is 0 Å². The van der Waals surface area contributed by atoms with E-state index in [-0.39, 0.29) is 16.4 Å². The molecule has 0 aliphatic rings. The van der Waals surface area contributed by atoms with Crippen molar-refractivity contribution in [3.63, 3.8) is 0 Å². The van der Waals surface area contributed by atoms with Crippen LogP contribution in [0.4, 0.5) is 0 Å². The highest BCUT2D eigenvalue weighted by molar-refractivity contribution is 7.59. The summed E-state index contributed by atoms with van der Waals surface area (Å²) in [5, 5.41) is 0. The molecule has 0 spiro atoms. The third-order valence-electron chi connectivity index (χ3n) is 0. The van der Waals surface area contributed by atoms with Gasteiger partial charge in [0.25, 0.3) is 0 Å². The van der Waals surface area contributed by atoms with E-state index in [1.165, 1.54) is 0 Å². The average molecular weight is 120 g/mol. The summed E-state index contributed by atoms with van der Waals surface area (Å²) in [6, 6.07) is 0. The molecule has 7 N–H and O–H groups in total. The summed E-state index contributed by atoms with van der Waals surface area (Å²) in [4.78, 5) is 0. The van der Waals surface area contributed by atoms with Crippen molar-refractivity contribution in [2.75, 3.05) is 0 Å². The Bertz CT molecular complexity index is 11.4. The summed E-state index contributed by atoms with van der Waals surface area (Å²) in [7, 11) is 0. The predicted octanol–water partition coefficient (Wildman–Crippen LogP) is -3.07. The molecule has 0 aromatic heterocycles. The van der Waals surface area contributed by atoms with Gasteiger partial charge in [-0.1, -0.05) is 0 Å². The lowest BCUT2D eigenvalue weighted by molar-refractivity contribution is 0.586. The van der Waals surface area contributed by atoms with Crippen molar-refractivity contribution in [2.24, 2.45) is 0 Å². The summed E-state index contributed by atoms with van der Waals surface area (Å²) in [6.45, 7) is 0. The second-order valence-corrected chi connectivity index (χ2v) is 0.245. The van der Waals surface area contributed by atoms with Crippen LogP contribution in [0.5, 0.6) is 0 Å². The molecule has 0 saturated carbocycles. The first-order valence-electron chi connectivity index (χ1n) is 0.383. The zero-order valence-corrected chi connectivity index (χ0v) is 3.70. The molecule has 6 heavy (non-hydrogen) atoms. The lowest BCUT2D eigenvalue weighted by Gasteiger charge is -1.32. The minimum absolute atomic E-state index is 0. The van der Waals surface area contributed by atoms with Crippen molar-refractivity contribution in [3.8, 4) is 0 Å². The topological polar surface area (TPSA) is 132 Å². The van der Waals surface area contributed by atoms with Crippen molar-refractivity contribution in [1.29, 1.82) is 0 Å². The van der Waals surface area contributed by atoms with E-state index in [4.69, 9.17) is 8.76 Å². The van der Waals surface area contributed by atoms with Gasteiger partial charge in [-0.05, 0) is 0 Å². The van der Waals surface area contributed by atoms with Crippen LogP contribution in [0.3, 0.4) is 0 Å². The van der Waals surface area contributed by atoms with Crippen LogP contribution in [0.1, 0.15) is 0 Å². The smallest absolute Gasteiger partial charge is 0.139 e. The van der Waals surface area contributed by atoms with Crippen LogP contribution in [0, 0.1) is 0 Å². The minimum atomic E-state index is -0.833. The number of hydrogen-bond acceptors (Lipinski definition) is 1. The summed E-state index contributed by atoms with van der Waals surface area (Å²) in [5.74, 6) is 0. The third-order valence-corrected chi connectivity index (χ3v) is 0. The molecule has 0 amide bonds. The van der Waals surface area contributed by atoms with Gasteiger partial charge in [0, 0.05) is 0 Å². The van der Waals surface area contributed by atoms with Gasteiger partial charge in [-0.25, -0.2) is 4.21 Å². The highest BCUT2D eigenvalue weighted by Crippen LogP contribution is 1.08. The molecule has 0 bridgehead atoms. The van der Waals surface area contributed by atoms with E-state index in [9.17, 15) is 0 Å². The van der Waals surface area contributed by atoms with Gasteiger partial charge >= 0.3 is 0 Å². The van der Waals surface area contributed by atoms with Crippen molar-refractivity contribution < 1.29 is 25.2 Å². The Balaban J connectivity index is -0.00000000667. The third kappa shape index (κ3) is 357000. The van der Waals surface area contributed by atoms with E-state index in [2.05, 4.69) is 0 Å². The molecule has 0 aliphatic heterocycles. The first-order valence-corrected chi connectivity index (χ1v) is 1.15. The molecular weight excluding hydrogens is 112 g/mol. The Kier molecular flexibility index (Phi) is 509. The predicted molar refractivity (Wildman–Crippen MR) is 23.0 cm³/mol. The Hall–Kier alpha value is -0.0100. The second-order valence-electron chi connectivity index (χ2n) is 0.0816. The van der Waals surface area contributed by atoms with Gasteiger partial charge in [0.05, 0.1) is 0 Å². The molecule has 0 radical (unpaired) electrons. The molecule has 0 unspecified atom stereocenters. The van der Waals surface area contributed by atoms with Gasteiger partial charge in [-0.15, -0.1) is 0 Å². The molecular formula is H8O5S. The molecule has 0 aliphatic carbocycles. The summed E-state index contributed by atoms with van der Waals surface area (Å²) in [6.07, 6.45) is 0. The molecule has 44 valence electrons. The molecule has 0 fully saturated rings. The van der Waals surface area contributed by atoms with Crippen molar-refractivity contribution >= 4 is 11.9 Å². The van der Waals surface area contributed by atoms with Crippen molar-refractivity contribution in [1.82, 2.24) is 0 Å². The molecule has 5 nitrogen and oxygen atoms in total. The zero-order chi connectivity index (χ0) is 2.71. The highest BCUT2D eigenvalue weighted by atomic mass is 32.2. The fourth-order valence-corrected chi connectivity index (χ4v) is 0. The number of thiol groups is 1. The zero-order valence-electron chi connectivity index (χ0n) is 2.80. The van der Waals surface area contributed by atoms with E-state index < -0.39 is 11.9 Å². The van der Waals surface area contributed by atoms with E-state index in [1.54, 1.807) is 0 Å². The minimum Gasteiger partial charge on any atom is -0.412 e. The first-order chi connectivity index (χ1) is 1.41. The summed E-state index contributed by atoms with van der Waals surface area (Å²) < 4.78 is 15.4. The number of rotatable bonds is 0. The maximum atomic E-state index is 8.46. The molecule has 0 rings (SSSR count). The van der Waals surface area contributed by atoms with Crippen LogP contribution >= 0.6 is 0 Å². The fraction of sp³-hybridized carbons (Fsp3) is 0. The monoisotopic (exact) mass is 120 g/mol. The fourth-order valence-electron chi connectivity index (χ4n) is 0. The lowest BCUT2D eigenvalue weighted by Crippen LogP contribution is -1.39. The van der Waals surface area contributed by atoms with Crippen LogP contribution in [-0.4, -0.2) is 25.2 Å². The van der Waals surface area contributed by atoms with Crippen molar-refractivity contribution in [3.05, 3.63) is 0 Å². The molecule has 0 aromatic carbocycles. The van der Waals surface area contributed by atoms with Crippen LogP contribution in [0.2, 0.25) is 0 Å². The lowest BCUT2D eigenvalue weighted by atomic mass is 15.9. The Morgan fingerprint density at radius 3 is 1.17 bits per heavy atom. The maximum absolute atomic E-state index is 8.46. The summed E-state index contributed by atoms with van der Waals surface area (Å²) >= 11 is -0.833. The number of hydrogen-bond donors (Lipinski definition) is 2. The molecule has 0 saturated heterocycles.